The number of hydrogen-bond donors (Lipinski definition) is 1. The van der Waals surface area contributed by atoms with Crippen molar-refractivity contribution < 1.29 is 9.32 Å². The zero-order valence-corrected chi connectivity index (χ0v) is 15.5. The Kier molecular flexibility index (Phi) is 5.07. The van der Waals surface area contributed by atoms with Gasteiger partial charge in [-0.2, -0.15) is 0 Å². The molecule has 5 nitrogen and oxygen atoms in total. The number of nitrogens with zero attached hydrogens (tertiary/aromatic N) is 2. The molecular weight excluding hydrogens is 326 g/mol. The topological polar surface area (TPSA) is 60.1 Å². The van der Waals surface area contributed by atoms with Crippen LogP contribution >= 0.6 is 0 Å². The second-order valence-corrected chi connectivity index (χ2v) is 6.48. The van der Waals surface area contributed by atoms with Crippen molar-refractivity contribution in [1.82, 2.24) is 15.0 Å². The van der Waals surface area contributed by atoms with E-state index in [1.807, 2.05) is 13.0 Å². The number of rotatable bonds is 5. The molecule has 2 heterocycles. The summed E-state index contributed by atoms with van der Waals surface area (Å²) in [4.78, 5) is 12.0. The third-order valence-electron chi connectivity index (χ3n) is 4.29. The molecule has 1 amide bonds. The molecule has 0 bridgehead atoms. The first-order valence-electron chi connectivity index (χ1n) is 8.58. The summed E-state index contributed by atoms with van der Waals surface area (Å²) in [6.45, 7) is 8.37. The van der Waals surface area contributed by atoms with Crippen molar-refractivity contribution in [3.05, 3.63) is 76.4 Å². The first-order chi connectivity index (χ1) is 12.4. The average molecular weight is 349 g/mol. The van der Waals surface area contributed by atoms with Gasteiger partial charge in [0, 0.05) is 29.2 Å². The van der Waals surface area contributed by atoms with Crippen molar-refractivity contribution >= 4 is 12.0 Å². The fourth-order valence-corrected chi connectivity index (χ4v) is 2.95. The normalized spacial score (nSPS) is 11.2. The highest BCUT2D eigenvalue weighted by Crippen LogP contribution is 2.22. The standard InChI is InChI=1S/C21H23N3O2/c1-14-5-8-19(9-6-14)24-16(3)12-18(17(24)4)7-10-21(25)22-13-20-11-15(2)23-26-20/h5-12H,13H2,1-4H3,(H,22,25). The molecule has 0 atom stereocenters. The minimum atomic E-state index is -0.167. The lowest BCUT2D eigenvalue weighted by molar-refractivity contribution is -0.116. The van der Waals surface area contributed by atoms with Crippen LogP contribution in [0.15, 0.2) is 47.0 Å². The number of aromatic nitrogens is 2. The van der Waals surface area contributed by atoms with E-state index in [0.717, 1.165) is 28.3 Å². The Morgan fingerprint density at radius 3 is 2.54 bits per heavy atom. The predicted octanol–water partition coefficient (Wildman–Crippen LogP) is 4.03. The highest BCUT2D eigenvalue weighted by molar-refractivity contribution is 5.91. The first kappa shape index (κ1) is 17.7. The smallest absolute Gasteiger partial charge is 0.244 e. The van der Waals surface area contributed by atoms with Gasteiger partial charge >= 0.3 is 0 Å². The average Bonchev–Trinajstić information content (AvgIpc) is 3.15. The second-order valence-electron chi connectivity index (χ2n) is 6.48. The molecule has 0 saturated heterocycles. The maximum Gasteiger partial charge on any atom is 0.244 e. The van der Waals surface area contributed by atoms with Crippen LogP contribution in [0, 0.1) is 27.7 Å². The van der Waals surface area contributed by atoms with Gasteiger partial charge in [-0.25, -0.2) is 0 Å². The zero-order chi connectivity index (χ0) is 18.7. The molecule has 2 aromatic heterocycles. The fourth-order valence-electron chi connectivity index (χ4n) is 2.95. The van der Waals surface area contributed by atoms with E-state index < -0.39 is 0 Å². The van der Waals surface area contributed by atoms with E-state index in [9.17, 15) is 4.79 Å². The van der Waals surface area contributed by atoms with Gasteiger partial charge in [-0.1, -0.05) is 22.9 Å². The van der Waals surface area contributed by atoms with Crippen LogP contribution in [0.1, 0.15) is 34.0 Å². The monoisotopic (exact) mass is 349 g/mol. The van der Waals surface area contributed by atoms with Crippen LogP contribution in [0.5, 0.6) is 0 Å². The van der Waals surface area contributed by atoms with Crippen LogP contribution in [-0.2, 0) is 11.3 Å². The van der Waals surface area contributed by atoms with Gasteiger partial charge in [-0.15, -0.1) is 0 Å². The summed E-state index contributed by atoms with van der Waals surface area (Å²) in [5, 5.41) is 6.59. The second kappa shape index (κ2) is 7.44. The maximum atomic E-state index is 12.0. The van der Waals surface area contributed by atoms with Gasteiger partial charge < -0.3 is 14.4 Å². The number of benzene rings is 1. The van der Waals surface area contributed by atoms with Crippen molar-refractivity contribution in [3.63, 3.8) is 0 Å². The molecule has 1 N–H and O–H groups in total. The molecule has 5 heteroatoms. The number of carbonyl (C=O) groups excluding carboxylic acids is 1. The molecule has 3 aromatic rings. The lowest BCUT2D eigenvalue weighted by atomic mass is 10.2. The number of amides is 1. The molecule has 0 radical (unpaired) electrons. The number of carbonyl (C=O) groups is 1. The van der Waals surface area contributed by atoms with Crippen molar-refractivity contribution in [3.8, 4) is 5.69 Å². The van der Waals surface area contributed by atoms with E-state index in [-0.39, 0.29) is 5.91 Å². The molecule has 0 aliphatic carbocycles. The largest absolute Gasteiger partial charge is 0.359 e. The summed E-state index contributed by atoms with van der Waals surface area (Å²) in [5.41, 5.74) is 6.40. The molecule has 0 fully saturated rings. The summed E-state index contributed by atoms with van der Waals surface area (Å²) in [7, 11) is 0. The molecule has 1 aromatic carbocycles. The Hall–Kier alpha value is -3.08. The van der Waals surface area contributed by atoms with Gasteiger partial charge in [0.1, 0.15) is 0 Å². The van der Waals surface area contributed by atoms with Gasteiger partial charge in [-0.3, -0.25) is 4.79 Å². The van der Waals surface area contributed by atoms with Crippen LogP contribution in [0.4, 0.5) is 0 Å². The van der Waals surface area contributed by atoms with E-state index in [4.69, 9.17) is 4.52 Å². The molecule has 134 valence electrons. The summed E-state index contributed by atoms with van der Waals surface area (Å²) in [6.07, 6.45) is 3.39. The molecule has 0 aliphatic heterocycles. The van der Waals surface area contributed by atoms with E-state index in [1.54, 1.807) is 12.1 Å². The van der Waals surface area contributed by atoms with Crippen LogP contribution in [0.25, 0.3) is 11.8 Å². The van der Waals surface area contributed by atoms with Crippen LogP contribution < -0.4 is 5.32 Å². The highest BCUT2D eigenvalue weighted by Gasteiger charge is 2.09. The van der Waals surface area contributed by atoms with Crippen LogP contribution in [0.3, 0.4) is 0 Å². The SMILES string of the molecule is Cc1ccc(-n2c(C)cc(C=CC(=O)NCc3cc(C)no3)c2C)cc1. The summed E-state index contributed by atoms with van der Waals surface area (Å²) in [6, 6.07) is 12.3. The molecule has 3 rings (SSSR count). The molecule has 0 aliphatic rings. The quantitative estimate of drug-likeness (QED) is 0.708. The Bertz CT molecular complexity index is 946. The van der Waals surface area contributed by atoms with E-state index in [1.165, 1.54) is 5.56 Å². The minimum absolute atomic E-state index is 0.167. The number of nitrogens with one attached hydrogen (secondary N) is 1. The van der Waals surface area contributed by atoms with Gasteiger partial charge in [0.25, 0.3) is 0 Å². The molecule has 0 saturated carbocycles. The van der Waals surface area contributed by atoms with Crippen LogP contribution in [-0.4, -0.2) is 15.6 Å². The highest BCUT2D eigenvalue weighted by atomic mass is 16.5. The van der Waals surface area contributed by atoms with Gasteiger partial charge in [0.2, 0.25) is 5.91 Å². The maximum absolute atomic E-state index is 12.0. The lowest BCUT2D eigenvalue weighted by Gasteiger charge is -2.09. The lowest BCUT2D eigenvalue weighted by Crippen LogP contribution is -2.19. The molecular formula is C21H23N3O2. The molecule has 0 unspecified atom stereocenters. The van der Waals surface area contributed by atoms with E-state index in [2.05, 4.69) is 66.1 Å². The fraction of sp³-hybridized carbons (Fsp3) is 0.238. The van der Waals surface area contributed by atoms with E-state index in [0.29, 0.717) is 12.3 Å². The number of hydrogen-bond acceptors (Lipinski definition) is 3. The Balaban J connectivity index is 1.71. The van der Waals surface area contributed by atoms with E-state index >= 15 is 0 Å². The Morgan fingerprint density at radius 1 is 1.15 bits per heavy atom. The zero-order valence-electron chi connectivity index (χ0n) is 15.5. The van der Waals surface area contributed by atoms with Crippen molar-refractivity contribution in [2.75, 3.05) is 0 Å². The summed E-state index contributed by atoms with van der Waals surface area (Å²) < 4.78 is 7.27. The Morgan fingerprint density at radius 2 is 1.88 bits per heavy atom. The Labute approximate surface area is 153 Å². The van der Waals surface area contributed by atoms with Crippen LogP contribution in [0.2, 0.25) is 0 Å². The van der Waals surface area contributed by atoms with Crippen molar-refractivity contribution in [1.29, 1.82) is 0 Å². The third kappa shape index (κ3) is 3.94. The predicted molar refractivity (Wildman–Crippen MR) is 102 cm³/mol. The number of aryl methyl sites for hydroxylation is 3. The molecule has 0 spiro atoms. The van der Waals surface area contributed by atoms with Gasteiger partial charge in [0.05, 0.1) is 12.2 Å². The van der Waals surface area contributed by atoms with Gasteiger partial charge in [0.15, 0.2) is 5.76 Å². The summed E-state index contributed by atoms with van der Waals surface area (Å²) >= 11 is 0. The van der Waals surface area contributed by atoms with Crippen molar-refractivity contribution in [2.24, 2.45) is 0 Å². The first-order valence-corrected chi connectivity index (χ1v) is 8.58. The third-order valence-corrected chi connectivity index (χ3v) is 4.29. The molecule has 26 heavy (non-hydrogen) atoms. The minimum Gasteiger partial charge on any atom is -0.359 e. The van der Waals surface area contributed by atoms with Gasteiger partial charge in [-0.05, 0) is 57.5 Å². The summed E-state index contributed by atoms with van der Waals surface area (Å²) in [5.74, 6) is 0.473. The van der Waals surface area contributed by atoms with Crippen molar-refractivity contribution in [2.45, 2.75) is 34.2 Å².